The number of ether oxygens (including phenoxy) is 1. The van der Waals surface area contributed by atoms with Crippen LogP contribution < -0.4 is 20.7 Å². The first kappa shape index (κ1) is 19.3. The number of hydrogen-bond acceptors (Lipinski definition) is 3. The smallest absolute Gasteiger partial charge is 0.319 e. The van der Waals surface area contributed by atoms with E-state index < -0.39 is 0 Å². The van der Waals surface area contributed by atoms with Gasteiger partial charge in [0.2, 0.25) is 0 Å². The molecule has 2 aromatic rings. The van der Waals surface area contributed by atoms with Crippen molar-refractivity contribution in [1.82, 2.24) is 5.32 Å². The van der Waals surface area contributed by atoms with Crippen molar-refractivity contribution in [1.29, 1.82) is 0 Å². The summed E-state index contributed by atoms with van der Waals surface area (Å²) in [5, 5.41) is 8.38. The zero-order chi connectivity index (χ0) is 18.9. The van der Waals surface area contributed by atoms with Crippen LogP contribution in [0.25, 0.3) is 0 Å². The highest BCUT2D eigenvalue weighted by Gasteiger charge is 2.11. The predicted molar refractivity (Wildman–Crippen MR) is 103 cm³/mol. The molecule has 0 spiro atoms. The van der Waals surface area contributed by atoms with Crippen LogP contribution >= 0.6 is 0 Å². The van der Waals surface area contributed by atoms with Crippen molar-refractivity contribution in [2.45, 2.75) is 26.8 Å². The first-order valence-corrected chi connectivity index (χ1v) is 8.59. The standard InChI is InChI=1S/C20H25N3O3/c1-14(2)15(3)21-20(25)23-17-10-7-11-18(12-17)26-13-19(24)22-16-8-5-4-6-9-16/h4-12,14-15H,13H2,1-3H3,(H,22,24)(H2,21,23,25). The lowest BCUT2D eigenvalue weighted by Gasteiger charge is -2.18. The first-order valence-electron chi connectivity index (χ1n) is 8.59. The van der Waals surface area contributed by atoms with E-state index in [0.29, 0.717) is 23.0 Å². The molecule has 0 fully saturated rings. The van der Waals surface area contributed by atoms with Gasteiger partial charge in [0.25, 0.3) is 5.91 Å². The Hall–Kier alpha value is -3.02. The Labute approximate surface area is 153 Å². The molecule has 26 heavy (non-hydrogen) atoms. The molecule has 3 N–H and O–H groups in total. The number of anilines is 2. The van der Waals surface area contributed by atoms with Crippen LogP contribution in [-0.4, -0.2) is 24.6 Å². The minimum Gasteiger partial charge on any atom is -0.484 e. The van der Waals surface area contributed by atoms with Crippen LogP contribution in [0.2, 0.25) is 0 Å². The van der Waals surface area contributed by atoms with Crippen molar-refractivity contribution < 1.29 is 14.3 Å². The van der Waals surface area contributed by atoms with Gasteiger partial charge in [-0.15, -0.1) is 0 Å². The summed E-state index contributed by atoms with van der Waals surface area (Å²) in [6.07, 6.45) is 0. The lowest BCUT2D eigenvalue weighted by atomic mass is 10.1. The Morgan fingerprint density at radius 1 is 0.923 bits per heavy atom. The van der Waals surface area contributed by atoms with E-state index >= 15 is 0 Å². The van der Waals surface area contributed by atoms with E-state index in [2.05, 4.69) is 16.0 Å². The number of urea groups is 1. The highest BCUT2D eigenvalue weighted by molar-refractivity contribution is 5.92. The number of carbonyl (C=O) groups is 2. The molecule has 0 saturated carbocycles. The van der Waals surface area contributed by atoms with Gasteiger partial charge >= 0.3 is 6.03 Å². The first-order chi connectivity index (χ1) is 12.4. The largest absolute Gasteiger partial charge is 0.484 e. The Balaban J connectivity index is 1.84. The number of para-hydroxylation sites is 1. The average Bonchev–Trinajstić information content (AvgIpc) is 2.61. The molecule has 1 unspecified atom stereocenters. The molecule has 0 aliphatic carbocycles. The zero-order valence-electron chi connectivity index (χ0n) is 15.3. The molecule has 0 bridgehead atoms. The van der Waals surface area contributed by atoms with Gasteiger partial charge in [0.15, 0.2) is 6.61 Å². The van der Waals surface area contributed by atoms with Crippen molar-refractivity contribution >= 4 is 23.3 Å². The van der Waals surface area contributed by atoms with Crippen molar-refractivity contribution in [3.63, 3.8) is 0 Å². The molecule has 0 aromatic heterocycles. The fraction of sp³-hybridized carbons (Fsp3) is 0.300. The van der Waals surface area contributed by atoms with E-state index in [9.17, 15) is 9.59 Å². The molecule has 0 aliphatic heterocycles. The highest BCUT2D eigenvalue weighted by Crippen LogP contribution is 2.17. The maximum atomic E-state index is 12.0. The molecule has 2 aromatic carbocycles. The van der Waals surface area contributed by atoms with Gasteiger partial charge in [0.1, 0.15) is 5.75 Å². The number of nitrogens with one attached hydrogen (secondary N) is 3. The summed E-state index contributed by atoms with van der Waals surface area (Å²) in [6, 6.07) is 15.9. The minimum absolute atomic E-state index is 0.0658. The third-order valence-electron chi connectivity index (χ3n) is 3.88. The van der Waals surface area contributed by atoms with Gasteiger partial charge in [0, 0.05) is 23.5 Å². The molecule has 1 atom stereocenters. The van der Waals surface area contributed by atoms with Crippen LogP contribution in [0.3, 0.4) is 0 Å². The number of hydrogen-bond donors (Lipinski definition) is 3. The Bertz CT molecular complexity index is 732. The molecule has 2 rings (SSSR count). The maximum absolute atomic E-state index is 12.0. The lowest BCUT2D eigenvalue weighted by molar-refractivity contribution is -0.118. The van der Waals surface area contributed by atoms with Crippen LogP contribution in [0.15, 0.2) is 54.6 Å². The summed E-state index contributed by atoms with van der Waals surface area (Å²) in [7, 11) is 0. The monoisotopic (exact) mass is 355 g/mol. The Kier molecular flexibility index (Phi) is 7.02. The van der Waals surface area contributed by atoms with Crippen molar-refractivity contribution in [2.75, 3.05) is 17.2 Å². The Morgan fingerprint density at radius 2 is 1.62 bits per heavy atom. The summed E-state index contributed by atoms with van der Waals surface area (Å²) in [5.41, 5.74) is 1.31. The lowest BCUT2D eigenvalue weighted by Crippen LogP contribution is -2.38. The van der Waals surface area contributed by atoms with E-state index in [-0.39, 0.29) is 24.6 Å². The normalized spacial score (nSPS) is 11.5. The van der Waals surface area contributed by atoms with Crippen molar-refractivity contribution in [3.05, 3.63) is 54.6 Å². The molecule has 0 heterocycles. The van der Waals surface area contributed by atoms with Gasteiger partial charge in [-0.2, -0.15) is 0 Å². The quantitative estimate of drug-likeness (QED) is 0.705. The topological polar surface area (TPSA) is 79.5 Å². The second kappa shape index (κ2) is 9.46. The van der Waals surface area contributed by atoms with Gasteiger partial charge in [-0.25, -0.2) is 4.79 Å². The average molecular weight is 355 g/mol. The minimum atomic E-state index is -0.273. The zero-order valence-corrected chi connectivity index (χ0v) is 15.3. The van der Waals surface area contributed by atoms with E-state index in [0.717, 1.165) is 0 Å². The second-order valence-electron chi connectivity index (χ2n) is 6.36. The number of rotatable bonds is 7. The molecule has 0 saturated heterocycles. The van der Waals surface area contributed by atoms with Gasteiger partial charge in [-0.3, -0.25) is 4.79 Å². The van der Waals surface area contributed by atoms with E-state index in [1.807, 2.05) is 39.0 Å². The van der Waals surface area contributed by atoms with E-state index in [1.165, 1.54) is 0 Å². The third kappa shape index (κ3) is 6.47. The molecule has 0 radical (unpaired) electrons. The predicted octanol–water partition coefficient (Wildman–Crippen LogP) is 3.87. The number of benzene rings is 2. The van der Waals surface area contributed by atoms with Crippen LogP contribution in [-0.2, 0) is 4.79 Å². The summed E-state index contributed by atoms with van der Waals surface area (Å²) in [5.74, 6) is 0.597. The molecule has 0 aliphatic rings. The van der Waals surface area contributed by atoms with Crippen LogP contribution in [0.4, 0.5) is 16.2 Å². The molecule has 6 heteroatoms. The van der Waals surface area contributed by atoms with Crippen LogP contribution in [0, 0.1) is 5.92 Å². The number of amides is 3. The van der Waals surface area contributed by atoms with Crippen molar-refractivity contribution in [3.8, 4) is 5.75 Å². The molecule has 3 amide bonds. The fourth-order valence-electron chi connectivity index (χ4n) is 2.07. The third-order valence-corrected chi connectivity index (χ3v) is 3.88. The second-order valence-corrected chi connectivity index (χ2v) is 6.36. The van der Waals surface area contributed by atoms with Crippen LogP contribution in [0.1, 0.15) is 20.8 Å². The number of carbonyl (C=O) groups excluding carboxylic acids is 2. The SMILES string of the molecule is CC(C)C(C)NC(=O)Nc1cccc(OCC(=O)Nc2ccccc2)c1. The van der Waals surface area contributed by atoms with Gasteiger partial charge in [-0.05, 0) is 37.1 Å². The summed E-state index contributed by atoms with van der Waals surface area (Å²) in [4.78, 5) is 23.9. The maximum Gasteiger partial charge on any atom is 0.319 e. The molecular weight excluding hydrogens is 330 g/mol. The van der Waals surface area contributed by atoms with E-state index in [1.54, 1.807) is 36.4 Å². The van der Waals surface area contributed by atoms with Gasteiger partial charge < -0.3 is 20.7 Å². The molecule has 138 valence electrons. The summed E-state index contributed by atoms with van der Waals surface area (Å²) < 4.78 is 5.50. The summed E-state index contributed by atoms with van der Waals surface area (Å²) in [6.45, 7) is 5.92. The fourth-order valence-corrected chi connectivity index (χ4v) is 2.07. The highest BCUT2D eigenvalue weighted by atomic mass is 16.5. The van der Waals surface area contributed by atoms with Gasteiger partial charge in [-0.1, -0.05) is 38.1 Å². The van der Waals surface area contributed by atoms with Crippen molar-refractivity contribution in [2.24, 2.45) is 5.92 Å². The van der Waals surface area contributed by atoms with Crippen LogP contribution in [0.5, 0.6) is 5.75 Å². The van der Waals surface area contributed by atoms with Gasteiger partial charge in [0.05, 0.1) is 0 Å². The summed E-state index contributed by atoms with van der Waals surface area (Å²) >= 11 is 0. The molecule has 6 nitrogen and oxygen atoms in total. The molecular formula is C20H25N3O3. The Morgan fingerprint density at radius 3 is 2.31 bits per heavy atom. The van der Waals surface area contributed by atoms with E-state index in [4.69, 9.17) is 4.74 Å².